The van der Waals surface area contributed by atoms with E-state index in [9.17, 15) is 4.79 Å². The Morgan fingerprint density at radius 2 is 2.09 bits per heavy atom. The van der Waals surface area contributed by atoms with Crippen LogP contribution < -0.4 is 16.4 Å². The molecule has 1 aromatic carbocycles. The van der Waals surface area contributed by atoms with Crippen molar-refractivity contribution < 1.29 is 4.79 Å². The topological polar surface area (TPSA) is 124 Å². The summed E-state index contributed by atoms with van der Waals surface area (Å²) in [7, 11) is 1.73. The number of carbonyl (C=O) groups excluding carboxylic acids is 1. The van der Waals surface area contributed by atoms with E-state index < -0.39 is 5.54 Å². The van der Waals surface area contributed by atoms with E-state index in [2.05, 4.69) is 31.0 Å². The maximum absolute atomic E-state index is 12.3. The molecule has 2 amide bonds. The van der Waals surface area contributed by atoms with Crippen molar-refractivity contribution in [1.29, 1.82) is 0 Å². The average molecular weight is 332 g/mol. The maximum atomic E-state index is 12.3. The highest BCUT2D eigenvalue weighted by Crippen LogP contribution is 2.25. The van der Waals surface area contributed by atoms with Crippen LogP contribution >= 0.6 is 11.3 Å². The van der Waals surface area contributed by atoms with Gasteiger partial charge in [0.25, 0.3) is 0 Å². The number of anilines is 2. The van der Waals surface area contributed by atoms with Crippen molar-refractivity contribution in [3.8, 4) is 0 Å². The second-order valence-corrected chi connectivity index (χ2v) is 6.52. The summed E-state index contributed by atoms with van der Waals surface area (Å²) < 4.78 is 0. The van der Waals surface area contributed by atoms with Crippen LogP contribution in [-0.4, -0.2) is 31.2 Å². The molecular formula is C13H16N8OS. The van der Waals surface area contributed by atoms with Gasteiger partial charge in [-0.25, -0.2) is 4.79 Å². The molecule has 3 rings (SSSR count). The lowest BCUT2D eigenvalue weighted by molar-refractivity contribution is 0.241. The Hall–Kier alpha value is -2.75. The number of aryl methyl sites for hydroxylation is 1. The van der Waals surface area contributed by atoms with Gasteiger partial charge in [0.05, 0.1) is 11.2 Å². The molecule has 3 aromatic rings. The van der Waals surface area contributed by atoms with Crippen LogP contribution in [-0.2, 0) is 12.6 Å². The summed E-state index contributed by atoms with van der Waals surface area (Å²) in [5, 5.41) is 22.8. The molecular weight excluding hydrogens is 316 g/mol. The SMILES string of the molecule is Cn1nc2cccc(NC(=O)NC(C)(C)c3nnc(N)s3)c2n1. The molecule has 0 saturated carbocycles. The fourth-order valence-corrected chi connectivity index (χ4v) is 2.79. The van der Waals surface area contributed by atoms with Crippen LogP contribution in [0.15, 0.2) is 18.2 Å². The summed E-state index contributed by atoms with van der Waals surface area (Å²) in [5.74, 6) is 0. The molecule has 0 bridgehead atoms. The number of rotatable bonds is 3. The molecule has 0 spiro atoms. The van der Waals surface area contributed by atoms with E-state index >= 15 is 0 Å². The van der Waals surface area contributed by atoms with E-state index in [-0.39, 0.29) is 6.03 Å². The lowest BCUT2D eigenvalue weighted by Crippen LogP contribution is -2.43. The third kappa shape index (κ3) is 3.06. The van der Waals surface area contributed by atoms with E-state index in [1.165, 1.54) is 16.1 Å². The molecule has 0 aliphatic rings. The number of urea groups is 1. The molecule has 0 saturated heterocycles. The predicted molar refractivity (Wildman–Crippen MR) is 88.0 cm³/mol. The zero-order valence-corrected chi connectivity index (χ0v) is 13.7. The Morgan fingerprint density at radius 1 is 1.30 bits per heavy atom. The van der Waals surface area contributed by atoms with Gasteiger partial charge < -0.3 is 16.4 Å². The van der Waals surface area contributed by atoms with Crippen molar-refractivity contribution in [2.75, 3.05) is 11.1 Å². The molecule has 4 N–H and O–H groups in total. The van der Waals surface area contributed by atoms with Gasteiger partial charge in [-0.1, -0.05) is 17.4 Å². The molecule has 2 heterocycles. The number of nitrogens with zero attached hydrogens (tertiary/aromatic N) is 5. The van der Waals surface area contributed by atoms with Gasteiger partial charge in [-0.2, -0.15) is 15.0 Å². The van der Waals surface area contributed by atoms with Crippen molar-refractivity contribution in [3.05, 3.63) is 23.2 Å². The highest BCUT2D eigenvalue weighted by Gasteiger charge is 2.27. The number of nitrogens with one attached hydrogen (secondary N) is 2. The number of nitrogen functional groups attached to an aromatic ring is 1. The third-order valence-electron chi connectivity index (χ3n) is 3.16. The Bertz CT molecular complexity index is 868. The minimum atomic E-state index is -0.699. The number of aromatic nitrogens is 5. The average Bonchev–Trinajstić information content (AvgIpc) is 3.04. The molecule has 0 atom stereocenters. The van der Waals surface area contributed by atoms with Gasteiger partial charge in [-0.05, 0) is 26.0 Å². The van der Waals surface area contributed by atoms with Crippen molar-refractivity contribution in [2.24, 2.45) is 7.05 Å². The first-order chi connectivity index (χ1) is 10.8. The lowest BCUT2D eigenvalue weighted by Gasteiger charge is -2.23. The molecule has 0 radical (unpaired) electrons. The number of fused-ring (bicyclic) bond motifs is 1. The number of benzene rings is 1. The molecule has 23 heavy (non-hydrogen) atoms. The zero-order chi connectivity index (χ0) is 16.6. The van der Waals surface area contributed by atoms with Crippen LogP contribution in [0.3, 0.4) is 0 Å². The molecule has 0 unspecified atom stereocenters. The van der Waals surface area contributed by atoms with Gasteiger partial charge in [0, 0.05) is 7.05 Å². The fourth-order valence-electron chi connectivity index (χ4n) is 2.12. The first kappa shape index (κ1) is 15.2. The van der Waals surface area contributed by atoms with E-state index in [0.717, 1.165) is 0 Å². The number of hydrogen-bond donors (Lipinski definition) is 3. The number of carbonyl (C=O) groups is 1. The normalized spacial score (nSPS) is 11.6. The molecule has 0 aliphatic heterocycles. The second-order valence-electron chi connectivity index (χ2n) is 5.51. The van der Waals surface area contributed by atoms with Crippen molar-refractivity contribution in [3.63, 3.8) is 0 Å². The largest absolute Gasteiger partial charge is 0.374 e. The van der Waals surface area contributed by atoms with Crippen LogP contribution in [0.5, 0.6) is 0 Å². The van der Waals surface area contributed by atoms with Gasteiger partial charge in [0.1, 0.15) is 16.0 Å². The standard InChI is InChI=1S/C13H16N8OS/c1-13(2,10-17-18-11(14)23-10)16-12(22)15-7-5-4-6-8-9(7)20-21(3)19-8/h4-6H,1-3H3,(H2,14,18)(H2,15,16,22). The van der Waals surface area contributed by atoms with Crippen molar-refractivity contribution in [1.82, 2.24) is 30.5 Å². The second kappa shape index (κ2) is 5.47. The smallest absolute Gasteiger partial charge is 0.320 e. The predicted octanol–water partition coefficient (Wildman–Crippen LogP) is 1.46. The van der Waals surface area contributed by atoms with Crippen LogP contribution in [0.25, 0.3) is 11.0 Å². The van der Waals surface area contributed by atoms with E-state index in [0.29, 0.717) is 26.9 Å². The van der Waals surface area contributed by atoms with Crippen LogP contribution in [0, 0.1) is 0 Å². The summed E-state index contributed by atoms with van der Waals surface area (Å²) in [6.45, 7) is 3.66. The monoisotopic (exact) mass is 332 g/mol. The molecule has 10 heteroatoms. The summed E-state index contributed by atoms with van der Waals surface area (Å²) in [6.07, 6.45) is 0. The van der Waals surface area contributed by atoms with Gasteiger partial charge >= 0.3 is 6.03 Å². The fraction of sp³-hybridized carbons (Fsp3) is 0.308. The maximum Gasteiger partial charge on any atom is 0.320 e. The number of nitrogens with two attached hydrogens (primary N) is 1. The quantitative estimate of drug-likeness (QED) is 0.667. The zero-order valence-electron chi connectivity index (χ0n) is 12.9. The van der Waals surface area contributed by atoms with Crippen molar-refractivity contribution >= 4 is 39.2 Å². The summed E-state index contributed by atoms with van der Waals surface area (Å²) in [4.78, 5) is 13.8. The molecule has 2 aromatic heterocycles. The number of amides is 2. The first-order valence-electron chi connectivity index (χ1n) is 6.84. The van der Waals surface area contributed by atoms with Crippen LogP contribution in [0.1, 0.15) is 18.9 Å². The van der Waals surface area contributed by atoms with Crippen LogP contribution in [0.4, 0.5) is 15.6 Å². The van der Waals surface area contributed by atoms with Gasteiger partial charge in [-0.15, -0.1) is 10.2 Å². The minimum absolute atomic E-state index is 0.361. The summed E-state index contributed by atoms with van der Waals surface area (Å²) in [5.41, 5.74) is 6.82. The van der Waals surface area contributed by atoms with Crippen LogP contribution in [0.2, 0.25) is 0 Å². The van der Waals surface area contributed by atoms with Gasteiger partial charge in [-0.3, -0.25) is 0 Å². The van der Waals surface area contributed by atoms with Crippen molar-refractivity contribution in [2.45, 2.75) is 19.4 Å². The Labute approximate surface area is 135 Å². The summed E-state index contributed by atoms with van der Waals surface area (Å²) >= 11 is 1.24. The molecule has 9 nitrogen and oxygen atoms in total. The van der Waals surface area contributed by atoms with E-state index in [1.807, 2.05) is 26.0 Å². The third-order valence-corrected chi connectivity index (χ3v) is 4.24. The minimum Gasteiger partial charge on any atom is -0.374 e. The molecule has 0 aliphatic carbocycles. The lowest BCUT2D eigenvalue weighted by atomic mass is 10.1. The molecule has 0 fully saturated rings. The molecule has 120 valence electrons. The van der Waals surface area contributed by atoms with E-state index in [1.54, 1.807) is 13.1 Å². The first-order valence-corrected chi connectivity index (χ1v) is 7.65. The van der Waals surface area contributed by atoms with Gasteiger partial charge in [0.15, 0.2) is 0 Å². The Kier molecular flexibility index (Phi) is 3.60. The van der Waals surface area contributed by atoms with Gasteiger partial charge in [0.2, 0.25) is 5.13 Å². The number of hydrogen-bond acceptors (Lipinski definition) is 7. The van der Waals surface area contributed by atoms with E-state index in [4.69, 9.17) is 5.73 Å². The highest BCUT2D eigenvalue weighted by molar-refractivity contribution is 7.15. The summed E-state index contributed by atoms with van der Waals surface area (Å²) in [6, 6.07) is 5.04. The Balaban J connectivity index is 1.78. The Morgan fingerprint density at radius 3 is 2.78 bits per heavy atom. The highest BCUT2D eigenvalue weighted by atomic mass is 32.1.